The molecule has 0 spiro atoms. The second-order valence-corrected chi connectivity index (χ2v) is 5.95. The van der Waals surface area contributed by atoms with E-state index in [-0.39, 0.29) is 17.9 Å². The van der Waals surface area contributed by atoms with Crippen LogP contribution in [0.2, 0.25) is 0 Å². The molecule has 0 radical (unpaired) electrons. The summed E-state index contributed by atoms with van der Waals surface area (Å²) in [5, 5.41) is 11.8. The quantitative estimate of drug-likeness (QED) is 0.828. The number of carbonyl (C=O) groups excluding carboxylic acids is 1. The third-order valence-electron chi connectivity index (χ3n) is 4.36. The van der Waals surface area contributed by atoms with Gasteiger partial charge in [-0.15, -0.1) is 0 Å². The molecule has 2 N–H and O–H groups in total. The van der Waals surface area contributed by atoms with Crippen molar-refractivity contribution in [3.8, 4) is 0 Å². The molecule has 1 amide bonds. The Morgan fingerprint density at radius 2 is 1.65 bits per heavy atom. The smallest absolute Gasteiger partial charge is 0.332 e. The van der Waals surface area contributed by atoms with E-state index in [0.717, 1.165) is 25.7 Å². The lowest BCUT2D eigenvalue weighted by Gasteiger charge is -2.20. The summed E-state index contributed by atoms with van der Waals surface area (Å²) in [5.74, 6) is -0.653. The summed E-state index contributed by atoms with van der Waals surface area (Å²) < 4.78 is 5.39. The van der Waals surface area contributed by atoms with Crippen LogP contribution in [0.4, 0.5) is 0 Å². The molecule has 2 rings (SSSR count). The van der Waals surface area contributed by atoms with E-state index in [2.05, 4.69) is 5.32 Å². The minimum atomic E-state index is -0.904. The minimum absolute atomic E-state index is 0.120. The van der Waals surface area contributed by atoms with Crippen molar-refractivity contribution in [2.24, 2.45) is 5.92 Å². The number of ether oxygens (including phenoxy) is 1. The first-order valence-corrected chi connectivity index (χ1v) is 7.83. The van der Waals surface area contributed by atoms with E-state index in [1.807, 2.05) is 0 Å². The van der Waals surface area contributed by atoms with Crippen LogP contribution in [0, 0.1) is 5.92 Å². The number of aliphatic carboxylic acids is 1. The van der Waals surface area contributed by atoms with E-state index in [9.17, 15) is 9.59 Å². The average molecular weight is 283 g/mol. The lowest BCUT2D eigenvalue weighted by atomic mass is 9.90. The zero-order valence-corrected chi connectivity index (χ0v) is 12.0. The molecule has 2 atom stereocenters. The van der Waals surface area contributed by atoms with Crippen molar-refractivity contribution in [1.29, 1.82) is 0 Å². The Hall–Kier alpha value is -1.10. The number of carboxylic acids is 1. The molecule has 1 aliphatic heterocycles. The van der Waals surface area contributed by atoms with Crippen molar-refractivity contribution in [3.63, 3.8) is 0 Å². The van der Waals surface area contributed by atoms with Gasteiger partial charge in [-0.25, -0.2) is 4.79 Å². The largest absolute Gasteiger partial charge is 0.479 e. The molecule has 0 aromatic rings. The summed E-state index contributed by atoms with van der Waals surface area (Å²) >= 11 is 0. The number of carbonyl (C=O) groups is 2. The van der Waals surface area contributed by atoms with Crippen LogP contribution in [0.5, 0.6) is 0 Å². The molecular weight excluding hydrogens is 258 g/mol. The Labute approximate surface area is 120 Å². The Bertz CT molecular complexity index is 337. The number of rotatable bonds is 4. The molecule has 1 saturated heterocycles. The summed E-state index contributed by atoms with van der Waals surface area (Å²) in [6.07, 6.45) is 8.41. The third kappa shape index (κ3) is 4.47. The van der Waals surface area contributed by atoms with Crippen LogP contribution in [0.3, 0.4) is 0 Å². The van der Waals surface area contributed by atoms with E-state index in [0.29, 0.717) is 19.4 Å². The van der Waals surface area contributed by atoms with Crippen molar-refractivity contribution in [1.82, 2.24) is 5.32 Å². The van der Waals surface area contributed by atoms with Gasteiger partial charge in [0.15, 0.2) is 6.10 Å². The molecule has 1 aliphatic carbocycles. The summed E-state index contributed by atoms with van der Waals surface area (Å²) in [6, 6.07) is 0. The maximum absolute atomic E-state index is 12.2. The predicted octanol–water partition coefficient (Wildman–Crippen LogP) is 2.10. The lowest BCUT2D eigenvalue weighted by Crippen LogP contribution is -2.37. The second kappa shape index (κ2) is 7.62. The van der Waals surface area contributed by atoms with Gasteiger partial charge in [-0.1, -0.05) is 32.1 Å². The van der Waals surface area contributed by atoms with Crippen molar-refractivity contribution < 1.29 is 19.4 Å². The Balaban J connectivity index is 1.70. The molecule has 5 heteroatoms. The van der Waals surface area contributed by atoms with Crippen LogP contribution >= 0.6 is 0 Å². The van der Waals surface area contributed by atoms with Gasteiger partial charge in [0.05, 0.1) is 6.10 Å². The fraction of sp³-hybridized carbons (Fsp3) is 0.867. The molecule has 0 aromatic heterocycles. The van der Waals surface area contributed by atoms with E-state index >= 15 is 0 Å². The van der Waals surface area contributed by atoms with E-state index < -0.39 is 12.1 Å². The van der Waals surface area contributed by atoms with Gasteiger partial charge >= 0.3 is 5.97 Å². The van der Waals surface area contributed by atoms with Crippen LogP contribution in [0.25, 0.3) is 0 Å². The molecular formula is C15H25NO4. The zero-order chi connectivity index (χ0) is 14.4. The molecule has 2 unspecified atom stereocenters. The van der Waals surface area contributed by atoms with Crippen molar-refractivity contribution in [2.45, 2.75) is 70.0 Å². The number of nitrogens with one attached hydrogen (secondary N) is 1. The first-order valence-electron chi connectivity index (χ1n) is 7.83. The first-order chi connectivity index (χ1) is 9.66. The Morgan fingerprint density at radius 3 is 2.25 bits per heavy atom. The van der Waals surface area contributed by atoms with Crippen LogP contribution in [-0.4, -0.2) is 35.7 Å². The summed E-state index contributed by atoms with van der Waals surface area (Å²) in [7, 11) is 0. The van der Waals surface area contributed by atoms with Crippen molar-refractivity contribution in [3.05, 3.63) is 0 Å². The number of carboxylic acid groups (broad SMARTS) is 1. The molecule has 2 aliphatic rings. The lowest BCUT2D eigenvalue weighted by molar-refractivity contribution is -0.149. The summed E-state index contributed by atoms with van der Waals surface area (Å²) in [4.78, 5) is 22.9. The SMILES string of the molecule is O=C(NCC1CCC(C(=O)O)O1)C1CCCCCCC1. The number of hydrogen-bond acceptors (Lipinski definition) is 3. The average Bonchev–Trinajstić information content (AvgIpc) is 2.84. The maximum Gasteiger partial charge on any atom is 0.332 e. The Morgan fingerprint density at radius 1 is 1.00 bits per heavy atom. The molecule has 114 valence electrons. The van der Waals surface area contributed by atoms with Crippen molar-refractivity contribution >= 4 is 11.9 Å². The van der Waals surface area contributed by atoms with Gasteiger partial charge in [0.25, 0.3) is 0 Å². The Kier molecular flexibility index (Phi) is 5.83. The molecule has 20 heavy (non-hydrogen) atoms. The molecule has 0 bridgehead atoms. The van der Waals surface area contributed by atoms with Gasteiger partial charge in [-0.05, 0) is 25.7 Å². The highest BCUT2D eigenvalue weighted by molar-refractivity contribution is 5.78. The molecule has 5 nitrogen and oxygen atoms in total. The normalized spacial score (nSPS) is 28.6. The number of amides is 1. The number of hydrogen-bond donors (Lipinski definition) is 2. The van der Waals surface area contributed by atoms with Gasteiger partial charge in [0, 0.05) is 12.5 Å². The zero-order valence-electron chi connectivity index (χ0n) is 12.0. The topological polar surface area (TPSA) is 75.6 Å². The molecule has 2 fully saturated rings. The van der Waals surface area contributed by atoms with Crippen LogP contribution in [-0.2, 0) is 14.3 Å². The van der Waals surface area contributed by atoms with Crippen LogP contribution < -0.4 is 5.32 Å². The molecule has 1 saturated carbocycles. The van der Waals surface area contributed by atoms with Gasteiger partial charge in [-0.3, -0.25) is 4.79 Å². The summed E-state index contributed by atoms with van der Waals surface area (Å²) in [5.41, 5.74) is 0. The highest BCUT2D eigenvalue weighted by Crippen LogP contribution is 2.23. The highest BCUT2D eigenvalue weighted by Gasteiger charge is 2.31. The fourth-order valence-electron chi connectivity index (χ4n) is 3.11. The van der Waals surface area contributed by atoms with Crippen LogP contribution in [0.15, 0.2) is 0 Å². The monoisotopic (exact) mass is 283 g/mol. The van der Waals surface area contributed by atoms with Crippen molar-refractivity contribution in [2.75, 3.05) is 6.54 Å². The standard InChI is InChI=1S/C15H25NO4/c17-14(11-6-4-2-1-3-5-7-11)16-10-12-8-9-13(20-12)15(18)19/h11-13H,1-10H2,(H,16,17)(H,18,19). The van der Waals surface area contributed by atoms with Gasteiger partial charge in [0.1, 0.15) is 0 Å². The molecule has 1 heterocycles. The van der Waals surface area contributed by atoms with Crippen LogP contribution in [0.1, 0.15) is 57.8 Å². The van der Waals surface area contributed by atoms with Gasteiger partial charge in [0.2, 0.25) is 5.91 Å². The maximum atomic E-state index is 12.2. The second-order valence-electron chi connectivity index (χ2n) is 5.95. The van der Waals surface area contributed by atoms with E-state index in [1.165, 1.54) is 19.3 Å². The first kappa shape index (κ1) is 15.3. The van der Waals surface area contributed by atoms with Gasteiger partial charge in [-0.2, -0.15) is 0 Å². The van der Waals surface area contributed by atoms with E-state index in [1.54, 1.807) is 0 Å². The fourth-order valence-corrected chi connectivity index (χ4v) is 3.11. The summed E-state index contributed by atoms with van der Waals surface area (Å²) in [6.45, 7) is 0.444. The third-order valence-corrected chi connectivity index (χ3v) is 4.36. The van der Waals surface area contributed by atoms with Gasteiger partial charge < -0.3 is 15.2 Å². The van der Waals surface area contributed by atoms with E-state index in [4.69, 9.17) is 9.84 Å². The minimum Gasteiger partial charge on any atom is -0.479 e. The highest BCUT2D eigenvalue weighted by atomic mass is 16.5. The molecule has 0 aromatic carbocycles. The predicted molar refractivity (Wildman–Crippen MR) is 74.3 cm³/mol.